The number of nitrogens with one attached hydrogen (secondary N) is 1. The van der Waals surface area contributed by atoms with Gasteiger partial charge in [-0.2, -0.15) is 4.98 Å². The van der Waals surface area contributed by atoms with Crippen LogP contribution in [-0.4, -0.2) is 54.5 Å². The maximum Gasteiger partial charge on any atom is 0.322 e. The zero-order valence-electron chi connectivity index (χ0n) is 20.0. The van der Waals surface area contributed by atoms with Crippen molar-refractivity contribution in [2.45, 2.75) is 31.9 Å². The summed E-state index contributed by atoms with van der Waals surface area (Å²) in [7, 11) is 3.23. The zero-order valence-corrected chi connectivity index (χ0v) is 20.0. The second-order valence-corrected chi connectivity index (χ2v) is 8.56. The molecule has 1 saturated heterocycles. The Kier molecular flexibility index (Phi) is 6.41. The Morgan fingerprint density at radius 2 is 1.91 bits per heavy atom. The lowest BCUT2D eigenvalue weighted by Crippen LogP contribution is -2.48. The van der Waals surface area contributed by atoms with Gasteiger partial charge in [-0.1, -0.05) is 17.3 Å². The van der Waals surface area contributed by atoms with Crippen molar-refractivity contribution in [1.29, 1.82) is 0 Å². The SMILES string of the molecule is COc1ccc(-c2noc(C3=C(C)N(CC4CCCO4)C(=O)NC3c3cccc(OC)c3)n2)cc1. The van der Waals surface area contributed by atoms with E-state index in [0.29, 0.717) is 24.0 Å². The largest absolute Gasteiger partial charge is 0.497 e. The van der Waals surface area contributed by atoms with Gasteiger partial charge in [0.25, 0.3) is 5.89 Å². The minimum absolute atomic E-state index is 0.00265. The summed E-state index contributed by atoms with van der Waals surface area (Å²) in [4.78, 5) is 19.6. The number of urea groups is 1. The first-order chi connectivity index (χ1) is 17.1. The average Bonchev–Trinajstić information content (AvgIpc) is 3.59. The number of carbonyl (C=O) groups is 1. The number of methoxy groups -OCH3 is 2. The number of nitrogens with zero attached hydrogens (tertiary/aromatic N) is 3. The molecule has 2 atom stereocenters. The molecule has 2 aliphatic rings. The molecule has 3 aromatic rings. The molecule has 3 heterocycles. The topological polar surface area (TPSA) is 99.0 Å². The number of allylic oxidation sites excluding steroid dienone is 1. The summed E-state index contributed by atoms with van der Waals surface area (Å²) in [6.07, 6.45) is 1.92. The monoisotopic (exact) mass is 476 g/mol. The summed E-state index contributed by atoms with van der Waals surface area (Å²) < 4.78 is 22.2. The normalized spacial score (nSPS) is 20.2. The molecular weight excluding hydrogens is 448 g/mol. The Morgan fingerprint density at radius 1 is 1.11 bits per heavy atom. The van der Waals surface area contributed by atoms with Crippen LogP contribution in [0.25, 0.3) is 17.0 Å². The molecule has 182 valence electrons. The average molecular weight is 477 g/mol. The smallest absolute Gasteiger partial charge is 0.322 e. The Morgan fingerprint density at radius 3 is 2.63 bits per heavy atom. The van der Waals surface area contributed by atoms with Crippen LogP contribution in [0, 0.1) is 0 Å². The molecule has 2 unspecified atom stereocenters. The lowest BCUT2D eigenvalue weighted by Gasteiger charge is -2.36. The Balaban J connectivity index is 1.56. The molecule has 9 heteroatoms. The van der Waals surface area contributed by atoms with Crippen LogP contribution in [0.4, 0.5) is 4.79 Å². The van der Waals surface area contributed by atoms with Crippen molar-refractivity contribution in [3.05, 3.63) is 65.7 Å². The van der Waals surface area contributed by atoms with E-state index in [9.17, 15) is 4.79 Å². The van der Waals surface area contributed by atoms with Crippen LogP contribution in [0.2, 0.25) is 0 Å². The van der Waals surface area contributed by atoms with E-state index < -0.39 is 6.04 Å². The van der Waals surface area contributed by atoms with E-state index in [1.54, 1.807) is 19.1 Å². The van der Waals surface area contributed by atoms with E-state index in [-0.39, 0.29) is 12.1 Å². The van der Waals surface area contributed by atoms with Gasteiger partial charge in [0.05, 0.1) is 38.5 Å². The third-order valence-electron chi connectivity index (χ3n) is 6.44. The fourth-order valence-electron chi connectivity index (χ4n) is 4.53. The summed E-state index contributed by atoms with van der Waals surface area (Å²) in [5, 5.41) is 7.34. The van der Waals surface area contributed by atoms with E-state index in [1.807, 2.05) is 55.5 Å². The lowest BCUT2D eigenvalue weighted by atomic mass is 9.94. The van der Waals surface area contributed by atoms with Crippen molar-refractivity contribution >= 4 is 11.6 Å². The van der Waals surface area contributed by atoms with E-state index in [0.717, 1.165) is 47.6 Å². The first kappa shape index (κ1) is 22.9. The van der Waals surface area contributed by atoms with Gasteiger partial charge in [-0.05, 0) is 61.7 Å². The predicted octanol–water partition coefficient (Wildman–Crippen LogP) is 4.43. The highest BCUT2D eigenvalue weighted by atomic mass is 16.5. The number of amides is 2. The summed E-state index contributed by atoms with van der Waals surface area (Å²) in [6.45, 7) is 3.09. The van der Waals surface area contributed by atoms with Gasteiger partial charge in [-0.3, -0.25) is 4.90 Å². The van der Waals surface area contributed by atoms with Crippen molar-refractivity contribution in [2.24, 2.45) is 0 Å². The third-order valence-corrected chi connectivity index (χ3v) is 6.44. The minimum atomic E-state index is -0.484. The van der Waals surface area contributed by atoms with Crippen LogP contribution in [0.3, 0.4) is 0 Å². The maximum atomic E-state index is 13.2. The van der Waals surface area contributed by atoms with Crippen LogP contribution in [0.1, 0.15) is 37.3 Å². The van der Waals surface area contributed by atoms with Gasteiger partial charge in [-0.15, -0.1) is 0 Å². The highest BCUT2D eigenvalue weighted by Gasteiger charge is 2.37. The molecule has 35 heavy (non-hydrogen) atoms. The van der Waals surface area contributed by atoms with Crippen molar-refractivity contribution in [3.63, 3.8) is 0 Å². The molecule has 1 N–H and O–H groups in total. The number of ether oxygens (including phenoxy) is 3. The second kappa shape index (κ2) is 9.79. The van der Waals surface area contributed by atoms with Gasteiger partial charge in [0.2, 0.25) is 5.82 Å². The van der Waals surface area contributed by atoms with E-state index in [1.165, 1.54) is 0 Å². The van der Waals surface area contributed by atoms with Gasteiger partial charge in [0.1, 0.15) is 11.5 Å². The number of benzene rings is 2. The first-order valence-corrected chi connectivity index (χ1v) is 11.6. The summed E-state index contributed by atoms with van der Waals surface area (Å²) >= 11 is 0. The second-order valence-electron chi connectivity index (χ2n) is 8.56. The van der Waals surface area contributed by atoms with Crippen molar-refractivity contribution < 1.29 is 23.5 Å². The van der Waals surface area contributed by atoms with Gasteiger partial charge in [-0.25, -0.2) is 4.79 Å². The quantitative estimate of drug-likeness (QED) is 0.539. The molecule has 1 aromatic heterocycles. The molecule has 0 radical (unpaired) electrons. The standard InChI is InChI=1S/C26H28N4O5/c1-16-22(25-28-24(29-35-25)17-9-11-19(32-2)12-10-17)23(18-6-4-7-20(14-18)33-3)27-26(31)30(16)15-21-8-5-13-34-21/h4,6-7,9-12,14,21,23H,5,8,13,15H2,1-3H3,(H,27,31). The van der Waals surface area contributed by atoms with Gasteiger partial charge < -0.3 is 24.1 Å². The highest BCUT2D eigenvalue weighted by Crippen LogP contribution is 2.38. The molecule has 1 fully saturated rings. The van der Waals surface area contributed by atoms with Gasteiger partial charge in [0, 0.05) is 17.9 Å². The first-order valence-electron chi connectivity index (χ1n) is 11.6. The van der Waals surface area contributed by atoms with Crippen LogP contribution in [0.5, 0.6) is 11.5 Å². The minimum Gasteiger partial charge on any atom is -0.497 e. The van der Waals surface area contributed by atoms with Crippen LogP contribution in [0.15, 0.2) is 58.8 Å². The summed E-state index contributed by atoms with van der Waals surface area (Å²) in [5.41, 5.74) is 3.14. The van der Waals surface area contributed by atoms with Gasteiger partial charge in [0.15, 0.2) is 0 Å². The number of rotatable bonds is 7. The molecule has 0 saturated carbocycles. The number of hydrogen-bond donors (Lipinski definition) is 1. The molecule has 2 aromatic carbocycles. The molecule has 2 aliphatic heterocycles. The predicted molar refractivity (Wildman–Crippen MR) is 129 cm³/mol. The number of aromatic nitrogens is 2. The fourth-order valence-corrected chi connectivity index (χ4v) is 4.53. The van der Waals surface area contributed by atoms with Crippen molar-refractivity contribution in [1.82, 2.24) is 20.4 Å². The number of hydrogen-bond acceptors (Lipinski definition) is 7. The Bertz CT molecular complexity index is 1230. The van der Waals surface area contributed by atoms with E-state index in [4.69, 9.17) is 23.7 Å². The molecule has 5 rings (SSSR count). The lowest BCUT2D eigenvalue weighted by molar-refractivity contribution is 0.0877. The molecule has 2 amide bonds. The Labute approximate surface area is 203 Å². The fraction of sp³-hybridized carbons (Fsp3) is 0.346. The van der Waals surface area contributed by atoms with Gasteiger partial charge >= 0.3 is 6.03 Å². The van der Waals surface area contributed by atoms with Crippen LogP contribution in [-0.2, 0) is 4.74 Å². The summed E-state index contributed by atoms with van der Waals surface area (Å²) in [6, 6.07) is 14.4. The van der Waals surface area contributed by atoms with E-state index >= 15 is 0 Å². The molecule has 0 spiro atoms. The zero-order chi connectivity index (χ0) is 24.4. The number of carbonyl (C=O) groups excluding carboxylic acids is 1. The van der Waals surface area contributed by atoms with Crippen molar-refractivity contribution in [2.75, 3.05) is 27.4 Å². The van der Waals surface area contributed by atoms with Crippen LogP contribution >= 0.6 is 0 Å². The van der Waals surface area contributed by atoms with E-state index in [2.05, 4.69) is 10.5 Å². The molecule has 9 nitrogen and oxygen atoms in total. The van der Waals surface area contributed by atoms with Crippen LogP contribution < -0.4 is 14.8 Å². The molecule has 0 aliphatic carbocycles. The van der Waals surface area contributed by atoms with Crippen molar-refractivity contribution in [3.8, 4) is 22.9 Å². The third kappa shape index (κ3) is 4.59. The Hall–Kier alpha value is -3.85. The highest BCUT2D eigenvalue weighted by molar-refractivity contribution is 5.87. The summed E-state index contributed by atoms with van der Waals surface area (Å²) in [5.74, 6) is 2.24. The molecule has 0 bridgehead atoms. The maximum absolute atomic E-state index is 13.2. The molecular formula is C26H28N4O5.